The van der Waals surface area contributed by atoms with Gasteiger partial charge in [-0.1, -0.05) is 22.4 Å². The van der Waals surface area contributed by atoms with Gasteiger partial charge in [-0.3, -0.25) is 9.36 Å². The third kappa shape index (κ3) is 5.73. The molecule has 2 aromatic carbocycles. The Bertz CT molecular complexity index is 1160. The molecule has 0 unspecified atom stereocenters. The quantitative estimate of drug-likeness (QED) is 0.375. The summed E-state index contributed by atoms with van der Waals surface area (Å²) >= 11 is 3.43. The van der Waals surface area contributed by atoms with Gasteiger partial charge >= 0.3 is 0 Å². The topological polar surface area (TPSA) is 56.6 Å². The number of nitrogens with zero attached hydrogens (tertiary/aromatic N) is 3. The maximum absolute atomic E-state index is 12.9. The van der Waals surface area contributed by atoms with Crippen molar-refractivity contribution in [2.45, 2.75) is 25.7 Å². The van der Waals surface area contributed by atoms with Gasteiger partial charge in [0.05, 0.1) is 23.1 Å². The molecule has 176 valence electrons. The van der Waals surface area contributed by atoms with Crippen molar-refractivity contribution >= 4 is 26.8 Å². The van der Waals surface area contributed by atoms with Gasteiger partial charge in [-0.2, -0.15) is 0 Å². The Hall–Kier alpha value is -2.45. The standard InChI is InChI=1S/C25H29BrFN3O3/c1-29-24(28-22-16-18(26)6-8-20(22)25(29)31)21-9-7-19(17-23(21)33-15-10-27)32-14-5-13-30-11-3-2-4-12-30/h6-9,16-17H,2-5,10-15H2,1H3. The number of benzene rings is 2. The van der Waals surface area contributed by atoms with E-state index in [1.165, 1.54) is 36.9 Å². The first-order chi connectivity index (χ1) is 16.1. The van der Waals surface area contributed by atoms with Crippen molar-refractivity contribution in [3.8, 4) is 22.9 Å². The van der Waals surface area contributed by atoms with Gasteiger partial charge in [0.2, 0.25) is 0 Å². The Balaban J connectivity index is 1.56. The second kappa shape index (κ2) is 11.1. The summed E-state index contributed by atoms with van der Waals surface area (Å²) in [6.07, 6.45) is 4.83. The molecule has 0 atom stereocenters. The maximum atomic E-state index is 12.9. The molecule has 0 amide bonds. The molecule has 1 saturated heterocycles. The van der Waals surface area contributed by atoms with Crippen LogP contribution in [0.15, 0.2) is 45.7 Å². The van der Waals surface area contributed by atoms with Crippen LogP contribution < -0.4 is 15.0 Å². The number of ether oxygens (including phenoxy) is 2. The van der Waals surface area contributed by atoms with Gasteiger partial charge in [0.1, 0.15) is 30.6 Å². The third-order valence-electron chi connectivity index (χ3n) is 5.90. The normalized spacial score (nSPS) is 14.5. The average Bonchev–Trinajstić information content (AvgIpc) is 2.83. The molecule has 2 heterocycles. The number of fused-ring (bicyclic) bond motifs is 1. The number of hydrogen-bond acceptors (Lipinski definition) is 5. The molecular formula is C25H29BrFN3O3. The maximum Gasteiger partial charge on any atom is 0.261 e. The first kappa shape index (κ1) is 23.7. The largest absolute Gasteiger partial charge is 0.493 e. The van der Waals surface area contributed by atoms with Crippen LogP contribution in [0, 0.1) is 0 Å². The van der Waals surface area contributed by atoms with Crippen LogP contribution >= 0.6 is 15.9 Å². The molecule has 0 aliphatic carbocycles. The van der Waals surface area contributed by atoms with E-state index in [1.807, 2.05) is 24.3 Å². The van der Waals surface area contributed by atoms with Gasteiger partial charge in [0, 0.05) is 24.1 Å². The van der Waals surface area contributed by atoms with E-state index in [9.17, 15) is 9.18 Å². The van der Waals surface area contributed by atoms with Crippen LogP contribution in [0.25, 0.3) is 22.3 Å². The van der Waals surface area contributed by atoms with Gasteiger partial charge in [-0.25, -0.2) is 9.37 Å². The lowest BCUT2D eigenvalue weighted by atomic mass is 10.1. The van der Waals surface area contributed by atoms with E-state index in [0.717, 1.165) is 17.4 Å². The number of hydrogen-bond donors (Lipinski definition) is 0. The first-order valence-corrected chi connectivity index (χ1v) is 12.2. The Kier molecular flexibility index (Phi) is 7.98. The van der Waals surface area contributed by atoms with Crippen LogP contribution in [0.3, 0.4) is 0 Å². The highest BCUT2D eigenvalue weighted by Gasteiger charge is 2.16. The molecule has 0 N–H and O–H groups in total. The third-order valence-corrected chi connectivity index (χ3v) is 6.40. The summed E-state index contributed by atoms with van der Waals surface area (Å²) < 4.78 is 26.9. The fourth-order valence-corrected chi connectivity index (χ4v) is 4.54. The smallest absolute Gasteiger partial charge is 0.261 e. The summed E-state index contributed by atoms with van der Waals surface area (Å²) in [7, 11) is 1.68. The molecule has 1 aromatic heterocycles. The van der Waals surface area contributed by atoms with Crippen LogP contribution in [0.1, 0.15) is 25.7 Å². The molecule has 0 spiro atoms. The average molecular weight is 518 g/mol. The Morgan fingerprint density at radius 1 is 1.06 bits per heavy atom. The number of likely N-dealkylation sites (tertiary alicyclic amines) is 1. The summed E-state index contributed by atoms with van der Waals surface area (Å²) in [5, 5.41) is 0.532. The SMILES string of the molecule is Cn1c(-c2ccc(OCCCN3CCCCC3)cc2OCCF)nc2cc(Br)ccc2c1=O. The van der Waals surface area contributed by atoms with Crippen molar-refractivity contribution in [3.05, 3.63) is 51.2 Å². The van der Waals surface area contributed by atoms with E-state index >= 15 is 0 Å². The Labute approximate surface area is 201 Å². The minimum absolute atomic E-state index is 0.0848. The molecule has 0 radical (unpaired) electrons. The predicted octanol–water partition coefficient (Wildman–Crippen LogP) is 4.97. The molecule has 3 aromatic rings. The van der Waals surface area contributed by atoms with E-state index in [-0.39, 0.29) is 12.2 Å². The van der Waals surface area contributed by atoms with Crippen molar-refractivity contribution in [1.29, 1.82) is 0 Å². The molecule has 33 heavy (non-hydrogen) atoms. The molecule has 0 saturated carbocycles. The number of halogens is 2. The lowest BCUT2D eigenvalue weighted by Crippen LogP contribution is -2.31. The Morgan fingerprint density at radius 2 is 1.88 bits per heavy atom. The van der Waals surface area contributed by atoms with Gasteiger partial charge in [-0.15, -0.1) is 0 Å². The molecule has 1 aliphatic heterocycles. The van der Waals surface area contributed by atoms with Crippen molar-refractivity contribution in [2.24, 2.45) is 7.05 Å². The summed E-state index contributed by atoms with van der Waals surface area (Å²) in [6, 6.07) is 10.8. The lowest BCUT2D eigenvalue weighted by Gasteiger charge is -2.26. The first-order valence-electron chi connectivity index (χ1n) is 11.4. The molecule has 1 aliphatic rings. The molecular weight excluding hydrogens is 489 g/mol. The van der Waals surface area contributed by atoms with Gasteiger partial charge in [0.25, 0.3) is 5.56 Å². The molecule has 8 heteroatoms. The minimum Gasteiger partial charge on any atom is -0.493 e. The second-order valence-electron chi connectivity index (χ2n) is 8.26. The van der Waals surface area contributed by atoms with Gasteiger partial charge in [0.15, 0.2) is 0 Å². The zero-order valence-corrected chi connectivity index (χ0v) is 20.4. The predicted molar refractivity (Wildman–Crippen MR) is 132 cm³/mol. The number of aromatic nitrogens is 2. The van der Waals surface area contributed by atoms with Crippen LogP contribution in [0.4, 0.5) is 4.39 Å². The van der Waals surface area contributed by atoms with Gasteiger partial charge in [-0.05, 0) is 62.7 Å². The summed E-state index contributed by atoms with van der Waals surface area (Å²) in [4.78, 5) is 20.1. The summed E-state index contributed by atoms with van der Waals surface area (Å²) in [6.45, 7) is 3.27. The highest BCUT2D eigenvalue weighted by atomic mass is 79.9. The van der Waals surface area contributed by atoms with Crippen LogP contribution in [0.2, 0.25) is 0 Å². The fraction of sp³-hybridized carbons (Fsp3) is 0.440. The summed E-state index contributed by atoms with van der Waals surface area (Å²) in [5.74, 6) is 1.55. The van der Waals surface area contributed by atoms with Crippen molar-refractivity contribution < 1.29 is 13.9 Å². The highest BCUT2D eigenvalue weighted by molar-refractivity contribution is 9.10. The highest BCUT2D eigenvalue weighted by Crippen LogP contribution is 2.33. The van der Waals surface area contributed by atoms with E-state index in [1.54, 1.807) is 19.2 Å². The van der Waals surface area contributed by atoms with Crippen LogP contribution in [-0.2, 0) is 7.05 Å². The lowest BCUT2D eigenvalue weighted by molar-refractivity contribution is 0.204. The molecule has 0 bridgehead atoms. The molecule has 6 nitrogen and oxygen atoms in total. The Morgan fingerprint density at radius 3 is 2.67 bits per heavy atom. The van der Waals surface area contributed by atoms with Crippen LogP contribution in [0.5, 0.6) is 11.5 Å². The van der Waals surface area contributed by atoms with Crippen molar-refractivity contribution in [3.63, 3.8) is 0 Å². The fourth-order valence-electron chi connectivity index (χ4n) is 4.19. The van der Waals surface area contributed by atoms with E-state index in [2.05, 4.69) is 20.8 Å². The van der Waals surface area contributed by atoms with E-state index in [0.29, 0.717) is 40.4 Å². The number of alkyl halides is 1. The van der Waals surface area contributed by atoms with Crippen molar-refractivity contribution in [2.75, 3.05) is 39.5 Å². The summed E-state index contributed by atoms with van der Waals surface area (Å²) in [5.41, 5.74) is 1.04. The molecule has 4 rings (SSSR count). The molecule has 1 fully saturated rings. The number of piperidine rings is 1. The zero-order valence-electron chi connectivity index (χ0n) is 18.9. The van der Waals surface area contributed by atoms with E-state index < -0.39 is 6.67 Å². The van der Waals surface area contributed by atoms with Crippen LogP contribution in [-0.4, -0.2) is 54.0 Å². The second-order valence-corrected chi connectivity index (χ2v) is 9.18. The zero-order chi connectivity index (χ0) is 23.2. The van der Waals surface area contributed by atoms with Crippen molar-refractivity contribution in [1.82, 2.24) is 14.5 Å². The van der Waals surface area contributed by atoms with E-state index in [4.69, 9.17) is 14.5 Å². The number of rotatable bonds is 9. The monoisotopic (exact) mass is 517 g/mol. The minimum atomic E-state index is -0.614. The van der Waals surface area contributed by atoms with Gasteiger partial charge < -0.3 is 14.4 Å².